The van der Waals surface area contributed by atoms with E-state index in [-0.39, 0.29) is 0 Å². The number of hydrogen-bond donors (Lipinski definition) is 0. The first-order chi connectivity index (χ1) is 35.0. The molecule has 0 saturated heterocycles. The van der Waals surface area contributed by atoms with Gasteiger partial charge in [0.2, 0.25) is 0 Å². The average molecular weight is 901 g/mol. The molecule has 0 N–H and O–H groups in total. The molecule has 0 radical (unpaired) electrons. The first-order valence-corrected chi connectivity index (χ1v) is 22.9. The molecule has 326 valence electrons. The zero-order chi connectivity index (χ0) is 48.4. The minimum Gasteiger partial charge on any atom is -0.309 e. The van der Waals surface area contributed by atoms with E-state index in [1.54, 1.807) is 0 Å². The molecule has 0 amide bonds. The number of hydrogen-bond acceptors (Lipinski definition) is 3. The van der Waals surface area contributed by atoms with Crippen molar-refractivity contribution < 1.29 is 0 Å². The van der Waals surface area contributed by atoms with Gasteiger partial charge in [-0.3, -0.25) is 0 Å². The van der Waals surface area contributed by atoms with Gasteiger partial charge in [0, 0.05) is 21.9 Å². The van der Waals surface area contributed by atoms with Gasteiger partial charge in [-0.25, -0.2) is 9.69 Å². The first-order valence-electron chi connectivity index (χ1n) is 22.9. The monoisotopic (exact) mass is 900 g/mol. The summed E-state index contributed by atoms with van der Waals surface area (Å²) in [5.41, 5.74) is 17.7. The van der Waals surface area contributed by atoms with Crippen LogP contribution < -0.4 is 0 Å². The van der Waals surface area contributed by atoms with Gasteiger partial charge in [0.25, 0.3) is 0 Å². The van der Waals surface area contributed by atoms with Gasteiger partial charge in [-0.05, 0) is 152 Å². The third kappa shape index (κ3) is 7.72. The second-order valence-electron chi connectivity index (χ2n) is 17.1. The van der Waals surface area contributed by atoms with Crippen molar-refractivity contribution in [2.24, 2.45) is 0 Å². The molecule has 11 rings (SSSR count). The Balaban J connectivity index is 1.19. The van der Waals surface area contributed by atoms with Crippen molar-refractivity contribution in [2.45, 2.75) is 0 Å². The summed E-state index contributed by atoms with van der Waals surface area (Å²) >= 11 is 0. The number of nitrogens with zero attached hydrogens (tertiary/aromatic N) is 6. The standard InChI is InChI=1S/C65H36N6/c1-69-61-24-12-9-21-56(61)51-33-47(31-49(35-51)53-18-6-3-15-44(53)39-66)42-27-29-64-59(37-42)60-38-43(28-30-65(60)71(64)63-26-14-11-23-58(63)55-20-8-5-17-46(55)41-68)48-32-50(54-19-7-4-16-45(54)40-67)36-52(34-48)57-22-10-13-25-62(57)70-2/h3-38H. The quantitative estimate of drug-likeness (QED) is 0.142. The maximum atomic E-state index is 10.3. The number of fused-ring (bicyclic) bond motifs is 3. The zero-order valence-corrected chi connectivity index (χ0v) is 38.0. The van der Waals surface area contributed by atoms with Crippen LogP contribution in [0.15, 0.2) is 218 Å². The van der Waals surface area contributed by atoms with E-state index in [1.165, 1.54) is 0 Å². The van der Waals surface area contributed by atoms with Gasteiger partial charge in [-0.2, -0.15) is 15.8 Å². The highest BCUT2D eigenvalue weighted by molar-refractivity contribution is 6.12. The highest BCUT2D eigenvalue weighted by Gasteiger charge is 2.21. The zero-order valence-electron chi connectivity index (χ0n) is 38.0. The van der Waals surface area contributed by atoms with E-state index in [9.17, 15) is 15.8 Å². The first kappa shape index (κ1) is 43.0. The molecule has 0 aliphatic rings. The maximum absolute atomic E-state index is 10.3. The van der Waals surface area contributed by atoms with Crippen LogP contribution in [0.4, 0.5) is 11.4 Å². The number of para-hydroxylation sites is 3. The van der Waals surface area contributed by atoms with Crippen LogP contribution in [0.2, 0.25) is 0 Å². The van der Waals surface area contributed by atoms with E-state index >= 15 is 0 Å². The van der Waals surface area contributed by atoms with Crippen LogP contribution in [0.25, 0.3) is 115 Å². The molecule has 1 heterocycles. The summed E-state index contributed by atoms with van der Waals surface area (Å²) in [7, 11) is 0. The van der Waals surface area contributed by atoms with Crippen LogP contribution in [0.5, 0.6) is 0 Å². The van der Waals surface area contributed by atoms with E-state index in [0.717, 1.165) is 105 Å². The summed E-state index contributed by atoms with van der Waals surface area (Å²) in [6.45, 7) is 16.1. The minimum atomic E-state index is 0.535. The van der Waals surface area contributed by atoms with Crippen molar-refractivity contribution in [1.29, 1.82) is 15.8 Å². The van der Waals surface area contributed by atoms with Gasteiger partial charge in [-0.15, -0.1) is 0 Å². The maximum Gasteiger partial charge on any atom is 0.194 e. The van der Waals surface area contributed by atoms with Crippen molar-refractivity contribution in [3.8, 4) is 102 Å². The van der Waals surface area contributed by atoms with Gasteiger partial charge in [0.15, 0.2) is 11.4 Å². The Bertz CT molecular complexity index is 3820. The fourth-order valence-corrected chi connectivity index (χ4v) is 9.86. The molecule has 0 unspecified atom stereocenters. The average Bonchev–Trinajstić information content (AvgIpc) is 3.77. The lowest BCUT2D eigenvalue weighted by Gasteiger charge is -2.16. The molecule has 0 atom stereocenters. The van der Waals surface area contributed by atoms with Crippen LogP contribution in [0.1, 0.15) is 16.7 Å². The smallest absolute Gasteiger partial charge is 0.194 e. The van der Waals surface area contributed by atoms with Crippen molar-refractivity contribution in [3.63, 3.8) is 0 Å². The van der Waals surface area contributed by atoms with Crippen molar-refractivity contribution in [2.75, 3.05) is 0 Å². The third-order valence-electron chi connectivity index (χ3n) is 13.2. The third-order valence-corrected chi connectivity index (χ3v) is 13.2. The predicted molar refractivity (Wildman–Crippen MR) is 286 cm³/mol. The molecule has 0 saturated carbocycles. The molecule has 6 nitrogen and oxygen atoms in total. The number of nitriles is 3. The van der Waals surface area contributed by atoms with Crippen LogP contribution in [0, 0.1) is 47.1 Å². The fraction of sp³-hybridized carbons (Fsp3) is 0. The second kappa shape index (κ2) is 18.3. The van der Waals surface area contributed by atoms with Gasteiger partial charge >= 0.3 is 0 Å². The molecule has 0 fully saturated rings. The summed E-state index contributed by atoms with van der Waals surface area (Å²) < 4.78 is 2.27. The SMILES string of the molecule is [C-]#[N+]c1ccccc1-c1cc(-c2ccc3c(c2)c2cc(-c4cc(-c5ccccc5C#N)cc(-c5ccccc5[N+]#[C-])c4)ccc2n3-c2ccccc2-c2ccccc2C#N)cc(-c2ccccc2C#N)c1. The van der Waals surface area contributed by atoms with Crippen LogP contribution in [-0.2, 0) is 0 Å². The molecule has 0 aliphatic heterocycles. The predicted octanol–water partition coefficient (Wildman–Crippen LogP) is 17.2. The largest absolute Gasteiger partial charge is 0.309 e. The van der Waals surface area contributed by atoms with Crippen molar-refractivity contribution in [3.05, 3.63) is 258 Å². The van der Waals surface area contributed by atoms with Gasteiger partial charge in [0.1, 0.15) is 0 Å². The van der Waals surface area contributed by atoms with Crippen LogP contribution >= 0.6 is 0 Å². The van der Waals surface area contributed by atoms with E-state index in [2.05, 4.69) is 117 Å². The van der Waals surface area contributed by atoms with Crippen molar-refractivity contribution in [1.82, 2.24) is 4.57 Å². The lowest BCUT2D eigenvalue weighted by Crippen LogP contribution is -1.98. The van der Waals surface area contributed by atoms with E-state index in [0.29, 0.717) is 28.1 Å². The Morgan fingerprint density at radius 3 is 1.08 bits per heavy atom. The highest BCUT2D eigenvalue weighted by Crippen LogP contribution is 2.44. The molecular formula is C65H36N6. The van der Waals surface area contributed by atoms with Gasteiger partial charge in [-0.1, -0.05) is 133 Å². The van der Waals surface area contributed by atoms with Gasteiger partial charge in [0.05, 0.1) is 64.8 Å². The second-order valence-corrected chi connectivity index (χ2v) is 17.1. The normalized spacial score (nSPS) is 10.7. The molecule has 6 heteroatoms. The summed E-state index contributed by atoms with van der Waals surface area (Å²) in [6, 6.07) is 79.0. The Morgan fingerprint density at radius 2 is 0.648 bits per heavy atom. The molecule has 11 aromatic rings. The molecule has 0 bridgehead atoms. The highest BCUT2D eigenvalue weighted by atomic mass is 15.0. The van der Waals surface area contributed by atoms with E-state index in [1.807, 2.05) is 133 Å². The molecule has 1 aromatic heterocycles. The summed E-state index contributed by atoms with van der Waals surface area (Å²) in [6.07, 6.45) is 0. The number of aromatic nitrogens is 1. The van der Waals surface area contributed by atoms with Crippen LogP contribution in [0.3, 0.4) is 0 Å². The lowest BCUT2D eigenvalue weighted by molar-refractivity contribution is 1.18. The van der Waals surface area contributed by atoms with Crippen LogP contribution in [-0.4, -0.2) is 4.57 Å². The Kier molecular flexibility index (Phi) is 11.1. The summed E-state index contributed by atoms with van der Waals surface area (Å²) in [5, 5.41) is 32.7. The molecule has 0 aliphatic carbocycles. The summed E-state index contributed by atoms with van der Waals surface area (Å²) in [4.78, 5) is 7.75. The van der Waals surface area contributed by atoms with Crippen molar-refractivity contribution >= 4 is 33.2 Å². The molecular weight excluding hydrogens is 865 g/mol. The van der Waals surface area contributed by atoms with E-state index in [4.69, 9.17) is 13.1 Å². The number of rotatable bonds is 8. The molecule has 71 heavy (non-hydrogen) atoms. The Morgan fingerprint density at radius 1 is 0.310 bits per heavy atom. The minimum absolute atomic E-state index is 0.535. The molecule has 0 spiro atoms. The Labute approximate surface area is 411 Å². The fourth-order valence-electron chi connectivity index (χ4n) is 9.86. The lowest BCUT2D eigenvalue weighted by atomic mass is 9.90. The topological polar surface area (TPSA) is 85.0 Å². The van der Waals surface area contributed by atoms with Gasteiger partial charge < -0.3 is 4.57 Å². The molecule has 10 aromatic carbocycles. The number of benzene rings is 10. The Hall–Kier alpha value is -10.6. The summed E-state index contributed by atoms with van der Waals surface area (Å²) in [5.74, 6) is 0. The van der Waals surface area contributed by atoms with E-state index < -0.39 is 0 Å².